The molecule has 1 atom stereocenters. The summed E-state index contributed by atoms with van der Waals surface area (Å²) < 4.78 is 4.92. The van der Waals surface area contributed by atoms with E-state index in [1.165, 1.54) is 92.3 Å². The van der Waals surface area contributed by atoms with Crippen LogP contribution >= 0.6 is 11.8 Å². The molecule has 0 aliphatic carbocycles. The zero-order valence-electron chi connectivity index (χ0n) is 32.5. The van der Waals surface area contributed by atoms with Gasteiger partial charge in [0.2, 0.25) is 0 Å². The molecule has 1 aliphatic heterocycles. The molecule has 0 saturated heterocycles. The van der Waals surface area contributed by atoms with E-state index in [1.807, 2.05) is 11.8 Å². The number of rotatable bonds is 5. The highest BCUT2D eigenvalue weighted by Gasteiger charge is 2.42. The number of aromatic nitrogens is 2. The highest BCUT2D eigenvalue weighted by Crippen LogP contribution is 2.58. The van der Waals surface area contributed by atoms with Gasteiger partial charge >= 0.3 is 0 Å². The number of hydrogen-bond donors (Lipinski definition) is 0. The Morgan fingerprint density at radius 1 is 0.373 bits per heavy atom. The summed E-state index contributed by atoms with van der Waals surface area (Å²) >= 11 is 1.94. The van der Waals surface area contributed by atoms with Crippen molar-refractivity contribution in [2.24, 2.45) is 0 Å². The third-order valence-electron chi connectivity index (χ3n) is 12.7. The Bertz CT molecular complexity index is 3380. The summed E-state index contributed by atoms with van der Waals surface area (Å²) in [4.78, 5) is 2.63. The Labute approximate surface area is 347 Å². The molecule has 0 bridgehead atoms. The van der Waals surface area contributed by atoms with Crippen molar-refractivity contribution >= 4 is 55.4 Å². The lowest BCUT2D eigenvalue weighted by Crippen LogP contribution is -2.29. The Morgan fingerprint density at radius 3 is 1.37 bits per heavy atom. The van der Waals surface area contributed by atoms with Crippen LogP contribution in [0.2, 0.25) is 0 Å². The fourth-order valence-electron chi connectivity index (χ4n) is 9.89. The Balaban J connectivity index is 1.10. The average molecular weight is 771 g/mol. The van der Waals surface area contributed by atoms with E-state index in [2.05, 4.69) is 228 Å². The van der Waals surface area contributed by atoms with E-state index in [4.69, 9.17) is 0 Å². The molecule has 12 rings (SSSR count). The van der Waals surface area contributed by atoms with Crippen molar-refractivity contribution in [2.75, 3.05) is 0 Å². The lowest BCUT2D eigenvalue weighted by Gasteiger charge is -2.39. The van der Waals surface area contributed by atoms with Crippen LogP contribution in [0.5, 0.6) is 0 Å². The minimum atomic E-state index is -0.447. The van der Waals surface area contributed by atoms with Gasteiger partial charge in [-0.3, -0.25) is 0 Å². The third kappa shape index (κ3) is 5.08. The van der Waals surface area contributed by atoms with Gasteiger partial charge in [0.25, 0.3) is 0 Å². The van der Waals surface area contributed by atoms with Crippen LogP contribution in [-0.2, 0) is 5.41 Å². The largest absolute Gasteiger partial charge is 0.309 e. The van der Waals surface area contributed by atoms with Gasteiger partial charge in [-0.2, -0.15) is 0 Å². The minimum Gasteiger partial charge on any atom is -0.309 e. The molecule has 1 aliphatic rings. The van der Waals surface area contributed by atoms with Crippen LogP contribution < -0.4 is 0 Å². The molecule has 278 valence electrons. The van der Waals surface area contributed by atoms with Gasteiger partial charge in [-0.15, -0.1) is 0 Å². The Hall–Kier alpha value is -7.07. The van der Waals surface area contributed by atoms with Gasteiger partial charge in [-0.1, -0.05) is 169 Å². The first kappa shape index (κ1) is 34.0. The average Bonchev–Trinajstić information content (AvgIpc) is 3.83. The summed E-state index contributed by atoms with van der Waals surface area (Å²) in [7, 11) is 0. The number of para-hydroxylation sites is 2. The SMILES string of the molecule is CC1(c2ccccc2)c2ccc3c(c2Sc2ccc4c(c21)c1ccccc1n4-c1ccc(-c2ccccc2)cc1)c1ccccc1n3-c1ccc(-c2ccccc2)cc1. The molecule has 3 heteroatoms. The summed E-state index contributed by atoms with van der Waals surface area (Å²) in [6.07, 6.45) is 0. The lowest BCUT2D eigenvalue weighted by atomic mass is 9.69. The fraction of sp³-hybridized carbons (Fsp3) is 0.0357. The lowest BCUT2D eigenvalue weighted by molar-refractivity contribution is 0.665. The van der Waals surface area contributed by atoms with Gasteiger partial charge in [0.1, 0.15) is 0 Å². The molecule has 2 aromatic heterocycles. The quantitative estimate of drug-likeness (QED) is 0.169. The summed E-state index contributed by atoms with van der Waals surface area (Å²) in [6, 6.07) is 78.0. The van der Waals surface area contributed by atoms with Gasteiger partial charge in [0.05, 0.1) is 22.1 Å². The zero-order valence-corrected chi connectivity index (χ0v) is 33.3. The van der Waals surface area contributed by atoms with Gasteiger partial charge in [0.15, 0.2) is 0 Å². The number of nitrogens with zero attached hydrogens (tertiary/aromatic N) is 2. The van der Waals surface area contributed by atoms with E-state index < -0.39 is 5.41 Å². The van der Waals surface area contributed by atoms with E-state index in [0.717, 1.165) is 11.4 Å². The van der Waals surface area contributed by atoms with Gasteiger partial charge in [-0.05, 0) is 100 Å². The molecule has 11 aromatic rings. The van der Waals surface area contributed by atoms with Crippen molar-refractivity contribution in [1.82, 2.24) is 9.13 Å². The van der Waals surface area contributed by atoms with E-state index >= 15 is 0 Å². The number of hydrogen-bond acceptors (Lipinski definition) is 1. The molecule has 0 radical (unpaired) electrons. The highest BCUT2D eigenvalue weighted by atomic mass is 32.2. The normalized spacial score (nSPS) is 14.9. The maximum absolute atomic E-state index is 2.47. The molecular weight excluding hydrogens is 733 g/mol. The zero-order chi connectivity index (χ0) is 39.1. The maximum atomic E-state index is 2.47. The number of benzene rings is 9. The highest BCUT2D eigenvalue weighted by molar-refractivity contribution is 7.99. The fourth-order valence-corrected chi connectivity index (χ4v) is 11.4. The smallest absolute Gasteiger partial charge is 0.0552 e. The second-order valence-electron chi connectivity index (χ2n) is 15.8. The van der Waals surface area contributed by atoms with Crippen molar-refractivity contribution < 1.29 is 0 Å². The van der Waals surface area contributed by atoms with E-state index in [-0.39, 0.29) is 0 Å². The second-order valence-corrected chi connectivity index (χ2v) is 16.8. The monoisotopic (exact) mass is 770 g/mol. The van der Waals surface area contributed by atoms with Crippen molar-refractivity contribution in [3.63, 3.8) is 0 Å². The van der Waals surface area contributed by atoms with Crippen LogP contribution in [-0.4, -0.2) is 9.13 Å². The first-order valence-electron chi connectivity index (χ1n) is 20.4. The molecule has 1 unspecified atom stereocenters. The predicted molar refractivity (Wildman–Crippen MR) is 249 cm³/mol. The standard InChI is InChI=1S/C56H38N2S/c1-56(41-19-9-4-10-20-41)46-33-34-50-53(45-22-12-14-24-48(45)58(50)43-31-27-40(28-32-43)38-17-7-3-8-18-38)55(46)59-51-36-35-49-52(54(51)56)44-21-11-13-23-47(44)57(49)42-29-25-39(26-30-42)37-15-5-2-6-16-37/h2-36H,1H3. The van der Waals surface area contributed by atoms with E-state index in [0.29, 0.717) is 0 Å². The molecule has 59 heavy (non-hydrogen) atoms. The second kappa shape index (κ2) is 13.2. The van der Waals surface area contributed by atoms with Gasteiger partial charge in [-0.25, -0.2) is 0 Å². The van der Waals surface area contributed by atoms with Crippen molar-refractivity contribution in [2.45, 2.75) is 22.1 Å². The minimum absolute atomic E-state index is 0.447. The molecular formula is C56H38N2S. The summed E-state index contributed by atoms with van der Waals surface area (Å²) in [5.74, 6) is 0. The molecule has 0 fully saturated rings. The summed E-state index contributed by atoms with van der Waals surface area (Å²) in [5.41, 5.74) is 15.6. The van der Waals surface area contributed by atoms with Crippen LogP contribution in [0.4, 0.5) is 0 Å². The van der Waals surface area contributed by atoms with Crippen LogP contribution in [0.25, 0.3) is 77.2 Å². The third-order valence-corrected chi connectivity index (χ3v) is 13.8. The van der Waals surface area contributed by atoms with Crippen LogP contribution in [0.15, 0.2) is 222 Å². The van der Waals surface area contributed by atoms with Crippen LogP contribution in [0.1, 0.15) is 23.6 Å². The van der Waals surface area contributed by atoms with Crippen molar-refractivity contribution in [3.05, 3.63) is 229 Å². The van der Waals surface area contributed by atoms with Crippen molar-refractivity contribution in [1.29, 1.82) is 0 Å². The summed E-state index contributed by atoms with van der Waals surface area (Å²) in [6.45, 7) is 2.47. The number of fused-ring (bicyclic) bond motifs is 10. The molecule has 0 spiro atoms. The molecule has 2 nitrogen and oxygen atoms in total. The molecule has 0 amide bonds. The molecule has 0 saturated carbocycles. The van der Waals surface area contributed by atoms with Gasteiger partial charge < -0.3 is 9.13 Å². The van der Waals surface area contributed by atoms with Crippen LogP contribution in [0, 0.1) is 0 Å². The molecule has 3 heterocycles. The van der Waals surface area contributed by atoms with E-state index in [9.17, 15) is 0 Å². The molecule has 9 aromatic carbocycles. The Kier molecular flexibility index (Phi) is 7.63. The summed E-state index contributed by atoms with van der Waals surface area (Å²) in [5, 5.41) is 5.17. The first-order valence-corrected chi connectivity index (χ1v) is 21.2. The first-order chi connectivity index (χ1) is 29.2. The Morgan fingerprint density at radius 2 is 0.814 bits per heavy atom. The van der Waals surface area contributed by atoms with Crippen molar-refractivity contribution in [3.8, 4) is 33.6 Å². The van der Waals surface area contributed by atoms with E-state index in [1.54, 1.807) is 0 Å². The topological polar surface area (TPSA) is 9.86 Å². The molecule has 0 N–H and O–H groups in total. The maximum Gasteiger partial charge on any atom is 0.0552 e. The predicted octanol–water partition coefficient (Wildman–Crippen LogP) is 15.0. The van der Waals surface area contributed by atoms with Crippen LogP contribution in [0.3, 0.4) is 0 Å². The van der Waals surface area contributed by atoms with Gasteiger partial charge in [0, 0.05) is 48.1 Å².